The summed E-state index contributed by atoms with van der Waals surface area (Å²) in [4.78, 5) is 3.47. The molecule has 0 aliphatic carbocycles. The van der Waals surface area contributed by atoms with Gasteiger partial charge in [-0.15, -0.1) is 0 Å². The second-order valence-electron chi connectivity index (χ2n) is 4.30. The zero-order valence-corrected chi connectivity index (χ0v) is 9.37. The van der Waals surface area contributed by atoms with Crippen LogP contribution >= 0.6 is 11.6 Å². The molecule has 84 valence electrons. The molecule has 1 aromatic rings. The van der Waals surface area contributed by atoms with Crippen LogP contribution in [0.5, 0.6) is 0 Å². The maximum atomic E-state index is 12.6. The quantitative estimate of drug-likeness (QED) is 0.621. The van der Waals surface area contributed by atoms with Gasteiger partial charge in [0.25, 0.3) is 0 Å². The highest BCUT2D eigenvalue weighted by molar-refractivity contribution is 6.29. The number of aromatic nitrogens is 1. The van der Waals surface area contributed by atoms with Crippen LogP contribution < -0.4 is 0 Å². The van der Waals surface area contributed by atoms with Gasteiger partial charge in [-0.05, 0) is 17.0 Å². The van der Waals surface area contributed by atoms with Crippen LogP contribution in [-0.4, -0.2) is 4.98 Å². The molecule has 0 saturated heterocycles. The molecule has 0 radical (unpaired) electrons. The van der Waals surface area contributed by atoms with Gasteiger partial charge in [0.05, 0.1) is 5.56 Å². The van der Waals surface area contributed by atoms with Crippen LogP contribution in [0.3, 0.4) is 0 Å². The topological polar surface area (TPSA) is 12.9 Å². The summed E-state index contributed by atoms with van der Waals surface area (Å²) in [6.07, 6.45) is -3.61. The maximum Gasteiger partial charge on any atom is 0.418 e. The molecule has 0 aliphatic rings. The Morgan fingerprint density at radius 1 is 1.13 bits per heavy atom. The predicted molar refractivity (Wildman–Crippen MR) is 52.9 cm³/mol. The molecule has 1 heterocycles. The predicted octanol–water partition coefficient (Wildman–Crippen LogP) is 4.05. The van der Waals surface area contributed by atoms with Gasteiger partial charge < -0.3 is 0 Å². The molecule has 0 saturated carbocycles. The second-order valence-corrected chi connectivity index (χ2v) is 4.69. The van der Waals surface area contributed by atoms with E-state index in [2.05, 4.69) is 4.98 Å². The first-order chi connectivity index (χ1) is 6.62. The van der Waals surface area contributed by atoms with Crippen molar-refractivity contribution < 1.29 is 13.2 Å². The van der Waals surface area contributed by atoms with Crippen LogP contribution in [0.4, 0.5) is 13.2 Å². The lowest BCUT2D eigenvalue weighted by atomic mass is 9.84. The van der Waals surface area contributed by atoms with Crippen LogP contribution in [0.2, 0.25) is 5.15 Å². The molecule has 0 spiro atoms. The van der Waals surface area contributed by atoms with Gasteiger partial charge in [0, 0.05) is 6.20 Å². The summed E-state index contributed by atoms with van der Waals surface area (Å²) in [5.74, 6) is 0. The Kier molecular flexibility index (Phi) is 3.01. The minimum Gasteiger partial charge on any atom is -0.244 e. The molecular formula is C10H11ClF3N. The molecule has 1 nitrogen and oxygen atoms in total. The third-order valence-corrected chi connectivity index (χ3v) is 2.19. The molecule has 1 aromatic heterocycles. The van der Waals surface area contributed by atoms with Crippen molar-refractivity contribution in [3.8, 4) is 0 Å². The summed E-state index contributed by atoms with van der Waals surface area (Å²) in [5.41, 5.74) is -1.17. The number of nitrogens with zero attached hydrogens (tertiary/aromatic N) is 1. The molecule has 0 aliphatic heterocycles. The Hall–Kier alpha value is -0.770. The first-order valence-corrected chi connectivity index (χ1v) is 4.73. The first kappa shape index (κ1) is 12.3. The van der Waals surface area contributed by atoms with Crippen LogP contribution in [-0.2, 0) is 11.6 Å². The summed E-state index contributed by atoms with van der Waals surface area (Å²) >= 11 is 5.59. The van der Waals surface area contributed by atoms with Crippen molar-refractivity contribution in [2.45, 2.75) is 32.4 Å². The highest BCUT2D eigenvalue weighted by Crippen LogP contribution is 2.37. The van der Waals surface area contributed by atoms with Gasteiger partial charge in [-0.3, -0.25) is 0 Å². The molecule has 5 heteroatoms. The number of hydrogen-bond donors (Lipinski definition) is 0. The molecule has 0 bridgehead atoms. The maximum absolute atomic E-state index is 12.6. The summed E-state index contributed by atoms with van der Waals surface area (Å²) in [5, 5.41) is 0.0768. The fourth-order valence-electron chi connectivity index (χ4n) is 1.28. The number of rotatable bonds is 0. The summed E-state index contributed by atoms with van der Waals surface area (Å²) in [6.45, 7) is 5.11. The first-order valence-electron chi connectivity index (χ1n) is 4.35. The van der Waals surface area contributed by atoms with Gasteiger partial charge in [0.15, 0.2) is 0 Å². The van der Waals surface area contributed by atoms with E-state index < -0.39 is 17.2 Å². The van der Waals surface area contributed by atoms with Gasteiger partial charge in [-0.2, -0.15) is 13.2 Å². The minimum absolute atomic E-state index is 0.0768. The molecule has 0 amide bonds. The molecule has 1 rings (SSSR count). The third kappa shape index (κ3) is 2.84. The summed E-state index contributed by atoms with van der Waals surface area (Å²) in [7, 11) is 0. The van der Waals surface area contributed by atoms with E-state index in [9.17, 15) is 13.2 Å². The lowest BCUT2D eigenvalue weighted by Gasteiger charge is -2.23. The minimum atomic E-state index is -4.39. The van der Waals surface area contributed by atoms with Crippen molar-refractivity contribution in [1.82, 2.24) is 4.98 Å². The van der Waals surface area contributed by atoms with E-state index in [4.69, 9.17) is 11.6 Å². The highest BCUT2D eigenvalue weighted by Gasteiger charge is 2.36. The van der Waals surface area contributed by atoms with E-state index in [1.54, 1.807) is 20.8 Å². The summed E-state index contributed by atoms with van der Waals surface area (Å²) < 4.78 is 37.9. The number of alkyl halides is 3. The molecule has 0 unspecified atom stereocenters. The lowest BCUT2D eigenvalue weighted by molar-refractivity contribution is -0.138. The van der Waals surface area contributed by atoms with Crippen molar-refractivity contribution >= 4 is 11.6 Å². The summed E-state index contributed by atoms with van der Waals surface area (Å²) in [6, 6.07) is 1.27. The largest absolute Gasteiger partial charge is 0.418 e. The smallest absolute Gasteiger partial charge is 0.244 e. The molecule has 0 atom stereocenters. The fraction of sp³-hybridized carbons (Fsp3) is 0.500. The van der Waals surface area contributed by atoms with E-state index in [0.717, 1.165) is 6.20 Å². The van der Waals surface area contributed by atoms with E-state index in [1.807, 2.05) is 0 Å². The Bertz CT molecular complexity index is 366. The third-order valence-electron chi connectivity index (χ3n) is 1.98. The molecule has 0 N–H and O–H groups in total. The van der Waals surface area contributed by atoms with Crippen molar-refractivity contribution in [3.05, 3.63) is 28.5 Å². The molecular weight excluding hydrogens is 227 g/mol. The second kappa shape index (κ2) is 3.67. The number of pyridine rings is 1. The Labute approximate surface area is 91.3 Å². The normalized spacial score (nSPS) is 13.0. The standard InChI is InChI=1S/C10H11ClF3N/c1-9(2,3)6-4-8(11)15-5-7(6)10(12,13)14/h4-5H,1-3H3. The fourth-order valence-corrected chi connectivity index (χ4v) is 1.43. The molecule has 15 heavy (non-hydrogen) atoms. The van der Waals surface area contributed by atoms with Gasteiger partial charge >= 0.3 is 6.18 Å². The molecule has 0 fully saturated rings. The van der Waals surface area contributed by atoms with E-state index in [0.29, 0.717) is 0 Å². The number of hydrogen-bond acceptors (Lipinski definition) is 1. The molecule has 0 aromatic carbocycles. The average Bonchev–Trinajstić information content (AvgIpc) is 2.00. The Morgan fingerprint density at radius 3 is 2.07 bits per heavy atom. The Morgan fingerprint density at radius 2 is 1.67 bits per heavy atom. The average molecular weight is 238 g/mol. The highest BCUT2D eigenvalue weighted by atomic mass is 35.5. The van der Waals surface area contributed by atoms with E-state index >= 15 is 0 Å². The van der Waals surface area contributed by atoms with Crippen molar-refractivity contribution in [1.29, 1.82) is 0 Å². The van der Waals surface area contributed by atoms with Gasteiger partial charge in [0.2, 0.25) is 0 Å². The van der Waals surface area contributed by atoms with Crippen molar-refractivity contribution in [3.63, 3.8) is 0 Å². The monoisotopic (exact) mass is 237 g/mol. The number of halogens is 4. The lowest BCUT2D eigenvalue weighted by Crippen LogP contribution is -2.19. The van der Waals surface area contributed by atoms with E-state index in [-0.39, 0.29) is 10.7 Å². The SMILES string of the molecule is CC(C)(C)c1cc(Cl)ncc1C(F)(F)F. The van der Waals surface area contributed by atoms with Crippen LogP contribution in [0, 0.1) is 0 Å². The Balaban J connectivity index is 3.41. The van der Waals surface area contributed by atoms with Gasteiger partial charge in [0.1, 0.15) is 5.15 Å². The van der Waals surface area contributed by atoms with Crippen molar-refractivity contribution in [2.75, 3.05) is 0 Å². The van der Waals surface area contributed by atoms with Crippen LogP contribution in [0.15, 0.2) is 12.3 Å². The zero-order chi connectivity index (χ0) is 11.9. The zero-order valence-electron chi connectivity index (χ0n) is 8.61. The van der Waals surface area contributed by atoms with Crippen molar-refractivity contribution in [2.24, 2.45) is 0 Å². The van der Waals surface area contributed by atoms with Crippen LogP contribution in [0.25, 0.3) is 0 Å². The van der Waals surface area contributed by atoms with Crippen LogP contribution in [0.1, 0.15) is 31.9 Å². The van der Waals surface area contributed by atoms with Gasteiger partial charge in [-0.25, -0.2) is 4.98 Å². The van der Waals surface area contributed by atoms with E-state index in [1.165, 1.54) is 6.07 Å². The van der Waals surface area contributed by atoms with Gasteiger partial charge in [-0.1, -0.05) is 32.4 Å².